The van der Waals surface area contributed by atoms with Gasteiger partial charge >= 0.3 is 5.63 Å². The molecule has 3 aromatic rings. The molecule has 0 aliphatic rings. The first-order chi connectivity index (χ1) is 8.99. The van der Waals surface area contributed by atoms with Gasteiger partial charge in [0.2, 0.25) is 0 Å². The molecule has 0 spiro atoms. The Morgan fingerprint density at radius 1 is 1.00 bits per heavy atom. The van der Waals surface area contributed by atoms with Crippen molar-refractivity contribution in [2.45, 2.75) is 20.8 Å². The van der Waals surface area contributed by atoms with Gasteiger partial charge in [-0.25, -0.2) is 4.79 Å². The van der Waals surface area contributed by atoms with Gasteiger partial charge in [0.1, 0.15) is 11.3 Å². The van der Waals surface area contributed by atoms with E-state index in [1.807, 2.05) is 32.9 Å². The molecule has 1 N–H and O–H groups in total. The minimum absolute atomic E-state index is 0.108. The first kappa shape index (κ1) is 11.8. The highest BCUT2D eigenvalue weighted by Gasteiger charge is 2.13. The molecular formula is C16H14O3. The van der Waals surface area contributed by atoms with E-state index in [9.17, 15) is 9.90 Å². The van der Waals surface area contributed by atoms with Gasteiger partial charge in [-0.1, -0.05) is 12.1 Å². The summed E-state index contributed by atoms with van der Waals surface area (Å²) in [7, 11) is 0. The second-order valence-electron chi connectivity index (χ2n) is 4.96. The van der Waals surface area contributed by atoms with E-state index in [0.717, 1.165) is 27.5 Å². The molecule has 0 radical (unpaired) electrons. The third-order valence-electron chi connectivity index (χ3n) is 3.70. The van der Waals surface area contributed by atoms with E-state index in [4.69, 9.17) is 4.42 Å². The van der Waals surface area contributed by atoms with E-state index >= 15 is 0 Å². The van der Waals surface area contributed by atoms with Gasteiger partial charge in [-0.05, 0) is 43.5 Å². The summed E-state index contributed by atoms with van der Waals surface area (Å²) in [6.07, 6.45) is 0. The van der Waals surface area contributed by atoms with E-state index < -0.39 is 0 Å². The molecule has 0 saturated heterocycles. The third-order valence-corrected chi connectivity index (χ3v) is 3.70. The molecule has 19 heavy (non-hydrogen) atoms. The van der Waals surface area contributed by atoms with Gasteiger partial charge in [-0.3, -0.25) is 0 Å². The van der Waals surface area contributed by atoms with Gasteiger partial charge in [0.15, 0.2) is 0 Å². The largest absolute Gasteiger partial charge is 0.508 e. The van der Waals surface area contributed by atoms with E-state index in [-0.39, 0.29) is 11.4 Å². The number of rotatable bonds is 0. The molecule has 0 saturated carbocycles. The number of fused-ring (bicyclic) bond motifs is 3. The Balaban J connectivity index is 2.68. The Kier molecular flexibility index (Phi) is 2.39. The van der Waals surface area contributed by atoms with Gasteiger partial charge in [0.25, 0.3) is 0 Å². The number of phenolic OH excluding ortho intramolecular Hbond substituents is 1. The summed E-state index contributed by atoms with van der Waals surface area (Å²) < 4.78 is 5.36. The molecule has 0 amide bonds. The Morgan fingerprint density at radius 2 is 1.74 bits per heavy atom. The minimum Gasteiger partial charge on any atom is -0.508 e. The molecule has 0 aliphatic carbocycles. The fourth-order valence-corrected chi connectivity index (χ4v) is 2.60. The van der Waals surface area contributed by atoms with Crippen LogP contribution in [0.1, 0.15) is 16.7 Å². The summed E-state index contributed by atoms with van der Waals surface area (Å²) in [6, 6.07) is 7.11. The molecule has 0 bridgehead atoms. The minimum atomic E-state index is -0.353. The molecule has 0 atom stereocenters. The Bertz CT molecular complexity index is 873. The first-order valence-corrected chi connectivity index (χ1v) is 6.15. The van der Waals surface area contributed by atoms with Gasteiger partial charge < -0.3 is 9.52 Å². The van der Waals surface area contributed by atoms with Crippen molar-refractivity contribution in [3.8, 4) is 5.75 Å². The Labute approximate surface area is 110 Å². The topological polar surface area (TPSA) is 50.4 Å². The van der Waals surface area contributed by atoms with E-state index in [1.54, 1.807) is 6.07 Å². The van der Waals surface area contributed by atoms with Crippen LogP contribution in [-0.4, -0.2) is 5.11 Å². The maximum absolute atomic E-state index is 12.1. The highest BCUT2D eigenvalue weighted by Crippen LogP contribution is 2.31. The Hall–Kier alpha value is -2.29. The van der Waals surface area contributed by atoms with Gasteiger partial charge in [-0.15, -0.1) is 0 Å². The van der Waals surface area contributed by atoms with Gasteiger partial charge in [0.05, 0.1) is 5.39 Å². The summed E-state index contributed by atoms with van der Waals surface area (Å²) >= 11 is 0. The molecule has 3 nitrogen and oxygen atoms in total. The lowest BCUT2D eigenvalue weighted by Gasteiger charge is -2.09. The highest BCUT2D eigenvalue weighted by atomic mass is 16.4. The predicted octanol–water partition coefficient (Wildman–Crippen LogP) is 3.58. The van der Waals surface area contributed by atoms with Crippen LogP contribution in [0.3, 0.4) is 0 Å². The normalized spacial score (nSPS) is 11.3. The van der Waals surface area contributed by atoms with Crippen molar-refractivity contribution in [2.24, 2.45) is 0 Å². The zero-order valence-corrected chi connectivity index (χ0v) is 11.1. The predicted molar refractivity (Wildman–Crippen MR) is 75.9 cm³/mol. The number of hydrogen-bond donors (Lipinski definition) is 1. The van der Waals surface area contributed by atoms with Crippen molar-refractivity contribution in [1.82, 2.24) is 0 Å². The van der Waals surface area contributed by atoms with Crippen LogP contribution in [-0.2, 0) is 0 Å². The van der Waals surface area contributed by atoms with Crippen LogP contribution in [0, 0.1) is 20.8 Å². The average molecular weight is 254 g/mol. The highest BCUT2D eigenvalue weighted by molar-refractivity contribution is 6.07. The second kappa shape index (κ2) is 3.85. The number of aromatic hydroxyl groups is 1. The molecule has 0 fully saturated rings. The van der Waals surface area contributed by atoms with Crippen LogP contribution in [0.25, 0.3) is 21.7 Å². The molecule has 0 aliphatic heterocycles. The maximum Gasteiger partial charge on any atom is 0.344 e. The quantitative estimate of drug-likeness (QED) is 0.493. The molecule has 1 aromatic heterocycles. The SMILES string of the molecule is Cc1ccc2c(c1C)c(=O)oc1cc(O)cc(C)c12. The molecule has 2 aromatic carbocycles. The van der Waals surface area contributed by atoms with E-state index in [2.05, 4.69) is 0 Å². The second-order valence-corrected chi connectivity index (χ2v) is 4.96. The summed E-state index contributed by atoms with van der Waals surface area (Å²) in [4.78, 5) is 12.1. The van der Waals surface area contributed by atoms with Gasteiger partial charge in [0, 0.05) is 16.8 Å². The first-order valence-electron chi connectivity index (χ1n) is 6.15. The lowest BCUT2D eigenvalue weighted by atomic mass is 9.98. The van der Waals surface area contributed by atoms with Crippen molar-refractivity contribution < 1.29 is 9.52 Å². The summed E-state index contributed by atoms with van der Waals surface area (Å²) in [5, 5.41) is 12.0. The van der Waals surface area contributed by atoms with E-state index in [1.165, 1.54) is 6.07 Å². The van der Waals surface area contributed by atoms with Crippen LogP contribution in [0.4, 0.5) is 0 Å². The van der Waals surface area contributed by atoms with Crippen molar-refractivity contribution >= 4 is 21.7 Å². The van der Waals surface area contributed by atoms with E-state index in [0.29, 0.717) is 11.0 Å². The molecule has 1 heterocycles. The lowest BCUT2D eigenvalue weighted by molar-refractivity contribution is 0.473. The molecule has 0 unspecified atom stereocenters. The number of hydrogen-bond acceptors (Lipinski definition) is 3. The van der Waals surface area contributed by atoms with Crippen molar-refractivity contribution in [3.63, 3.8) is 0 Å². The fraction of sp³-hybridized carbons (Fsp3) is 0.188. The maximum atomic E-state index is 12.1. The molecule has 3 rings (SSSR count). The van der Waals surface area contributed by atoms with Crippen molar-refractivity contribution in [2.75, 3.05) is 0 Å². The van der Waals surface area contributed by atoms with Crippen molar-refractivity contribution in [1.29, 1.82) is 0 Å². The van der Waals surface area contributed by atoms with Crippen LogP contribution in [0.5, 0.6) is 5.75 Å². The summed E-state index contributed by atoms with van der Waals surface area (Å²) in [5.74, 6) is 0.108. The summed E-state index contributed by atoms with van der Waals surface area (Å²) in [6.45, 7) is 5.80. The monoisotopic (exact) mass is 254 g/mol. The van der Waals surface area contributed by atoms with Crippen LogP contribution >= 0.6 is 0 Å². The number of phenols is 1. The van der Waals surface area contributed by atoms with Crippen molar-refractivity contribution in [3.05, 3.63) is 51.4 Å². The van der Waals surface area contributed by atoms with Crippen LogP contribution < -0.4 is 5.63 Å². The third kappa shape index (κ3) is 1.62. The lowest BCUT2D eigenvalue weighted by Crippen LogP contribution is -2.03. The fourth-order valence-electron chi connectivity index (χ4n) is 2.60. The smallest absolute Gasteiger partial charge is 0.344 e. The average Bonchev–Trinajstić information content (AvgIpc) is 2.32. The zero-order valence-electron chi connectivity index (χ0n) is 11.1. The molecular weight excluding hydrogens is 240 g/mol. The van der Waals surface area contributed by atoms with Crippen LogP contribution in [0.2, 0.25) is 0 Å². The van der Waals surface area contributed by atoms with Crippen LogP contribution in [0.15, 0.2) is 33.5 Å². The molecule has 3 heteroatoms. The van der Waals surface area contributed by atoms with Gasteiger partial charge in [-0.2, -0.15) is 0 Å². The zero-order chi connectivity index (χ0) is 13.7. The Morgan fingerprint density at radius 3 is 2.47 bits per heavy atom. The number of benzene rings is 2. The molecule has 96 valence electrons. The number of aryl methyl sites for hydroxylation is 3. The summed E-state index contributed by atoms with van der Waals surface area (Å²) in [5.41, 5.74) is 2.98. The standard InChI is InChI=1S/C16H14O3/c1-8-4-5-12-14-9(2)6-11(17)7-13(14)19-16(18)15(12)10(8)3/h4-7,17H,1-3H3.